The van der Waals surface area contributed by atoms with Crippen LogP contribution in [-0.2, 0) is 4.79 Å². The van der Waals surface area contributed by atoms with Crippen LogP contribution in [0.15, 0.2) is 54.6 Å². The summed E-state index contributed by atoms with van der Waals surface area (Å²) in [4.78, 5) is 17.5. The van der Waals surface area contributed by atoms with E-state index >= 15 is 0 Å². The van der Waals surface area contributed by atoms with Crippen molar-refractivity contribution in [3.05, 3.63) is 70.7 Å². The van der Waals surface area contributed by atoms with E-state index in [1.807, 2.05) is 18.2 Å². The van der Waals surface area contributed by atoms with Gasteiger partial charge in [-0.1, -0.05) is 54.1 Å². The van der Waals surface area contributed by atoms with Crippen LogP contribution >= 0.6 is 23.4 Å². The highest BCUT2D eigenvalue weighted by Crippen LogP contribution is 2.36. The lowest BCUT2D eigenvalue weighted by molar-refractivity contribution is -0.127. The Hall–Kier alpha value is -1.49. The lowest BCUT2D eigenvalue weighted by atomic mass is 10.0. The molecule has 0 aliphatic carbocycles. The molecule has 2 aliphatic rings. The Morgan fingerprint density at radius 1 is 1.00 bits per heavy atom. The molecule has 2 aromatic carbocycles. The molecule has 148 valence electrons. The van der Waals surface area contributed by atoms with Gasteiger partial charge in [0, 0.05) is 24.2 Å². The summed E-state index contributed by atoms with van der Waals surface area (Å²) in [6.07, 6.45) is 3.73. The van der Waals surface area contributed by atoms with Crippen LogP contribution in [0.25, 0.3) is 0 Å². The zero-order chi connectivity index (χ0) is 19.3. The average molecular weight is 415 g/mol. The van der Waals surface area contributed by atoms with Crippen LogP contribution in [0.4, 0.5) is 0 Å². The second kappa shape index (κ2) is 9.34. The Labute approximate surface area is 177 Å². The summed E-state index contributed by atoms with van der Waals surface area (Å²) in [5.74, 6) is 0.774. The topological polar surface area (TPSA) is 23.6 Å². The van der Waals surface area contributed by atoms with Crippen molar-refractivity contribution in [2.24, 2.45) is 0 Å². The Bertz CT molecular complexity index is 777. The maximum atomic E-state index is 12.9. The van der Waals surface area contributed by atoms with Crippen molar-refractivity contribution in [2.75, 3.05) is 31.9 Å². The van der Waals surface area contributed by atoms with E-state index in [2.05, 4.69) is 46.2 Å². The number of likely N-dealkylation sites (tertiary alicyclic amines) is 2. The first-order valence-corrected chi connectivity index (χ1v) is 11.6. The average Bonchev–Trinajstić information content (AvgIpc) is 3.42. The van der Waals surface area contributed by atoms with Crippen LogP contribution in [0.5, 0.6) is 0 Å². The predicted molar refractivity (Wildman–Crippen MR) is 118 cm³/mol. The molecular formula is C23H27ClN2OS. The van der Waals surface area contributed by atoms with Crippen molar-refractivity contribution in [3.63, 3.8) is 0 Å². The second-order valence-corrected chi connectivity index (χ2v) is 9.21. The van der Waals surface area contributed by atoms with E-state index in [0.29, 0.717) is 11.8 Å². The van der Waals surface area contributed by atoms with Gasteiger partial charge in [-0.15, -0.1) is 11.8 Å². The van der Waals surface area contributed by atoms with Gasteiger partial charge in [-0.3, -0.25) is 9.69 Å². The Morgan fingerprint density at radius 3 is 2.39 bits per heavy atom. The standard InChI is InChI=1S/C23H27ClN2OS/c24-20-10-8-19(9-11-20)23(18-6-2-1-3-7-18)28-17-22(27)26-15-12-21(16-26)25-13-4-5-14-25/h1-3,6-11,21,23H,4-5,12-17H2. The number of hydrogen-bond donors (Lipinski definition) is 0. The number of benzene rings is 2. The summed E-state index contributed by atoms with van der Waals surface area (Å²) < 4.78 is 0. The fourth-order valence-corrected chi connectivity index (χ4v) is 5.59. The van der Waals surface area contributed by atoms with Crippen molar-refractivity contribution in [3.8, 4) is 0 Å². The van der Waals surface area contributed by atoms with Gasteiger partial charge in [0.2, 0.25) is 5.91 Å². The summed E-state index contributed by atoms with van der Waals surface area (Å²) in [6.45, 7) is 4.20. The van der Waals surface area contributed by atoms with Crippen LogP contribution in [0.2, 0.25) is 5.02 Å². The molecule has 0 saturated carbocycles. The molecule has 0 bridgehead atoms. The Balaban J connectivity index is 1.40. The van der Waals surface area contributed by atoms with Gasteiger partial charge in [-0.05, 0) is 55.6 Å². The molecule has 2 heterocycles. The zero-order valence-electron chi connectivity index (χ0n) is 16.1. The largest absolute Gasteiger partial charge is 0.340 e. The highest BCUT2D eigenvalue weighted by Gasteiger charge is 2.31. The summed E-state index contributed by atoms with van der Waals surface area (Å²) in [5.41, 5.74) is 2.41. The van der Waals surface area contributed by atoms with E-state index in [-0.39, 0.29) is 11.2 Å². The van der Waals surface area contributed by atoms with Gasteiger partial charge < -0.3 is 4.90 Å². The summed E-state index contributed by atoms with van der Waals surface area (Å²) in [6, 6.07) is 19.0. The molecule has 4 rings (SSSR count). The van der Waals surface area contributed by atoms with Crippen LogP contribution < -0.4 is 0 Å². The molecule has 0 aromatic heterocycles. The summed E-state index contributed by atoms with van der Waals surface area (Å²) >= 11 is 7.79. The van der Waals surface area contributed by atoms with Gasteiger partial charge in [0.15, 0.2) is 0 Å². The van der Waals surface area contributed by atoms with Crippen LogP contribution in [0.3, 0.4) is 0 Å². The van der Waals surface area contributed by atoms with E-state index in [0.717, 1.165) is 24.5 Å². The smallest absolute Gasteiger partial charge is 0.232 e. The van der Waals surface area contributed by atoms with Gasteiger partial charge in [-0.25, -0.2) is 0 Å². The first kappa shape index (κ1) is 19.8. The molecule has 2 aromatic rings. The van der Waals surface area contributed by atoms with E-state index in [1.54, 1.807) is 11.8 Å². The normalized spacial score (nSPS) is 21.2. The lowest BCUT2D eigenvalue weighted by Gasteiger charge is -2.24. The predicted octanol–water partition coefficient (Wildman–Crippen LogP) is 4.86. The molecule has 2 saturated heterocycles. The number of nitrogens with zero attached hydrogens (tertiary/aromatic N) is 2. The quantitative estimate of drug-likeness (QED) is 0.674. The molecule has 1 amide bonds. The highest BCUT2D eigenvalue weighted by atomic mass is 35.5. The minimum atomic E-state index is 0.138. The van der Waals surface area contributed by atoms with Crippen molar-refractivity contribution >= 4 is 29.3 Å². The first-order valence-electron chi connectivity index (χ1n) is 10.1. The van der Waals surface area contributed by atoms with Crippen LogP contribution in [-0.4, -0.2) is 53.7 Å². The maximum Gasteiger partial charge on any atom is 0.232 e. The fourth-order valence-electron chi connectivity index (χ4n) is 4.27. The second-order valence-electron chi connectivity index (χ2n) is 7.68. The monoisotopic (exact) mass is 414 g/mol. The van der Waals surface area contributed by atoms with Gasteiger partial charge in [0.25, 0.3) is 0 Å². The number of carbonyl (C=O) groups excluding carboxylic acids is 1. The van der Waals surface area contributed by atoms with E-state index in [1.165, 1.54) is 37.1 Å². The number of amides is 1. The maximum absolute atomic E-state index is 12.9. The number of carbonyl (C=O) groups is 1. The van der Waals surface area contributed by atoms with E-state index in [4.69, 9.17) is 11.6 Å². The van der Waals surface area contributed by atoms with E-state index in [9.17, 15) is 4.79 Å². The molecule has 0 N–H and O–H groups in total. The molecular weight excluding hydrogens is 388 g/mol. The number of halogens is 1. The lowest BCUT2D eigenvalue weighted by Crippen LogP contribution is -2.37. The van der Waals surface area contributed by atoms with Crippen molar-refractivity contribution < 1.29 is 4.79 Å². The molecule has 2 aliphatic heterocycles. The van der Waals surface area contributed by atoms with Crippen molar-refractivity contribution in [1.29, 1.82) is 0 Å². The molecule has 28 heavy (non-hydrogen) atoms. The fraction of sp³-hybridized carbons (Fsp3) is 0.435. The van der Waals surface area contributed by atoms with Crippen molar-refractivity contribution in [1.82, 2.24) is 9.80 Å². The molecule has 0 radical (unpaired) electrons. The molecule has 2 fully saturated rings. The van der Waals surface area contributed by atoms with Gasteiger partial charge in [0.05, 0.1) is 11.0 Å². The molecule has 2 atom stereocenters. The van der Waals surface area contributed by atoms with E-state index < -0.39 is 0 Å². The third-order valence-electron chi connectivity index (χ3n) is 5.82. The Morgan fingerprint density at radius 2 is 1.68 bits per heavy atom. The minimum Gasteiger partial charge on any atom is -0.340 e. The van der Waals surface area contributed by atoms with Gasteiger partial charge in [-0.2, -0.15) is 0 Å². The Kier molecular flexibility index (Phi) is 6.61. The molecule has 0 spiro atoms. The van der Waals surface area contributed by atoms with Gasteiger partial charge in [0.1, 0.15) is 0 Å². The SMILES string of the molecule is O=C(CSC(c1ccccc1)c1ccc(Cl)cc1)N1CCC(N2CCCC2)C1. The van der Waals surface area contributed by atoms with Crippen molar-refractivity contribution in [2.45, 2.75) is 30.6 Å². The van der Waals surface area contributed by atoms with Crippen LogP contribution in [0, 0.1) is 0 Å². The van der Waals surface area contributed by atoms with Gasteiger partial charge >= 0.3 is 0 Å². The summed E-state index contributed by atoms with van der Waals surface area (Å²) in [7, 11) is 0. The molecule has 2 unspecified atom stereocenters. The number of hydrogen-bond acceptors (Lipinski definition) is 3. The molecule has 3 nitrogen and oxygen atoms in total. The first-order chi connectivity index (χ1) is 13.7. The highest BCUT2D eigenvalue weighted by molar-refractivity contribution is 8.00. The minimum absolute atomic E-state index is 0.138. The number of thioether (sulfide) groups is 1. The third-order valence-corrected chi connectivity index (χ3v) is 7.36. The summed E-state index contributed by atoms with van der Waals surface area (Å²) in [5, 5.41) is 0.876. The van der Waals surface area contributed by atoms with Crippen LogP contribution in [0.1, 0.15) is 35.6 Å². The zero-order valence-corrected chi connectivity index (χ0v) is 17.7. The third kappa shape index (κ3) is 4.73. The number of rotatable bonds is 6. The molecule has 5 heteroatoms.